The van der Waals surface area contributed by atoms with Gasteiger partial charge in [-0.15, -0.1) is 0 Å². The Morgan fingerprint density at radius 1 is 0.608 bits per heavy atom. The quantitative estimate of drug-likeness (QED) is 0.177. The van der Waals surface area contributed by atoms with Crippen LogP contribution in [-0.4, -0.2) is 189 Å². The first-order valence-corrected chi connectivity index (χ1v) is 27.3. The number of nitrogens with zero attached hydrogens (tertiary/aromatic N) is 5. The van der Waals surface area contributed by atoms with Crippen molar-refractivity contribution in [1.29, 1.82) is 0 Å². The third-order valence-electron chi connectivity index (χ3n) is 15.7. The normalized spacial score (nSPS) is 29.1. The molecular formula is C54H94N8O12. The lowest BCUT2D eigenvalue weighted by Gasteiger charge is -2.39. The van der Waals surface area contributed by atoms with E-state index in [0.717, 1.165) is 41.9 Å². The molecule has 3 fully saturated rings. The lowest BCUT2D eigenvalue weighted by atomic mass is 9.84. The maximum atomic E-state index is 14.8. The zero-order valence-corrected chi connectivity index (χ0v) is 47.6. The van der Waals surface area contributed by atoms with Crippen molar-refractivity contribution in [2.75, 3.05) is 41.3 Å². The van der Waals surface area contributed by atoms with Gasteiger partial charge in [-0.25, -0.2) is 4.79 Å². The Bertz CT molecular complexity index is 1970. The standard InChI is InChI=1S/C54H94N8O12/c1-17-33(9)40-51(70)59(14)41(31(5)6)46(65)55-36(27-30(3)4)49(68)61(16)44(54(11,12)73)53(72)74-43(34(10)18-2)52(71)60(15)42(32(7)8)47(66)56-37(28-35-23-20-19-21-24-35)48(67)58(13)39(29-63)50(69)62-26-22-25-38(62)45(64)57-40/h30-44,63,73H,17-29H2,1-16H3,(H,55,65)(H,56,66)(H,57,64)/t33-,34?,36+,37+,38+,39-,40+,41+,42+,43-,44-/m1/s1. The maximum Gasteiger partial charge on any atom is 0.332 e. The van der Waals surface area contributed by atoms with Crippen LogP contribution in [0.25, 0.3) is 0 Å². The fourth-order valence-corrected chi connectivity index (χ4v) is 11.0. The molecule has 1 aliphatic carbocycles. The Hall–Kier alpha value is -4.85. The highest BCUT2D eigenvalue weighted by atomic mass is 16.6. The average Bonchev–Trinajstić information content (AvgIpc) is 3.83. The van der Waals surface area contributed by atoms with Crippen molar-refractivity contribution in [2.45, 2.75) is 214 Å². The molecule has 11 atom stereocenters. The van der Waals surface area contributed by atoms with Gasteiger partial charge >= 0.3 is 5.97 Å². The monoisotopic (exact) mass is 1050 g/mol. The minimum absolute atomic E-state index is 0.0383. The van der Waals surface area contributed by atoms with Gasteiger partial charge in [-0.3, -0.25) is 38.4 Å². The van der Waals surface area contributed by atoms with Crippen molar-refractivity contribution in [1.82, 2.24) is 40.4 Å². The molecule has 20 nitrogen and oxygen atoms in total. The van der Waals surface area contributed by atoms with Crippen LogP contribution in [-0.2, 0) is 47.9 Å². The summed E-state index contributed by atoms with van der Waals surface area (Å²) in [5.41, 5.74) is -1.96. The van der Waals surface area contributed by atoms with Gasteiger partial charge in [0.05, 0.1) is 12.2 Å². The van der Waals surface area contributed by atoms with E-state index >= 15 is 0 Å². The Morgan fingerprint density at radius 2 is 1.12 bits per heavy atom. The molecular weight excluding hydrogens is 953 g/mol. The SMILES string of the molecule is CCC(C)[C@H]1OC(=O)[C@H](C(C)(C)O)N(C)C(=O)[C@H](CC(C)C)NC(=O)[C@H](C(C)C)N(C)C(=O)[C@H]([C@H](C)CC)NC(=O)[C@@H]2CCCN2C(=O)[C@@H](CO)N(C)C(=O)[C@H](CC2CCCCC2)NC(=O)[C@H](C(C)C)N(C)C1=O. The molecule has 0 aromatic heterocycles. The fraction of sp³-hybridized carbons (Fsp3) is 0.833. The largest absolute Gasteiger partial charge is 0.450 e. The van der Waals surface area contributed by atoms with E-state index in [1.54, 1.807) is 48.5 Å². The smallest absolute Gasteiger partial charge is 0.332 e. The number of hydrogen-bond acceptors (Lipinski definition) is 12. The Morgan fingerprint density at radius 3 is 1.61 bits per heavy atom. The number of rotatable bonds is 12. The summed E-state index contributed by atoms with van der Waals surface area (Å²) >= 11 is 0. The first kappa shape index (κ1) is 63.4. The van der Waals surface area contributed by atoms with Crippen molar-refractivity contribution in [3.8, 4) is 0 Å². The summed E-state index contributed by atoms with van der Waals surface area (Å²) in [6.07, 6.45) is 4.70. The number of aliphatic hydroxyl groups is 2. The number of amides is 8. The number of nitrogens with one attached hydrogen (secondary N) is 3. The highest BCUT2D eigenvalue weighted by molar-refractivity contribution is 5.99. The van der Waals surface area contributed by atoms with E-state index in [9.17, 15) is 53.4 Å². The molecule has 0 spiro atoms. The highest BCUT2D eigenvalue weighted by Crippen LogP contribution is 2.30. The molecule has 5 N–H and O–H groups in total. The van der Waals surface area contributed by atoms with Gasteiger partial charge in [0.25, 0.3) is 5.91 Å². The number of fused-ring (bicyclic) bond motifs is 1. The predicted octanol–water partition coefficient (Wildman–Crippen LogP) is 2.85. The van der Waals surface area contributed by atoms with E-state index in [4.69, 9.17) is 4.74 Å². The molecule has 2 heterocycles. The zero-order chi connectivity index (χ0) is 56.3. The number of carbonyl (C=O) groups is 9. The second-order valence-electron chi connectivity index (χ2n) is 23.2. The molecule has 20 heteroatoms. The first-order chi connectivity index (χ1) is 34.5. The maximum absolute atomic E-state index is 14.8. The van der Waals surface area contributed by atoms with Gasteiger partial charge in [-0.1, -0.05) is 108 Å². The Kier molecular flexibility index (Phi) is 23.8. The van der Waals surface area contributed by atoms with Crippen LogP contribution in [0.4, 0.5) is 0 Å². The molecule has 2 saturated heterocycles. The summed E-state index contributed by atoms with van der Waals surface area (Å²) < 4.78 is 6.05. The molecule has 74 heavy (non-hydrogen) atoms. The molecule has 2 aliphatic heterocycles. The fourth-order valence-electron chi connectivity index (χ4n) is 11.0. The van der Waals surface area contributed by atoms with E-state index < -0.39 is 144 Å². The second-order valence-corrected chi connectivity index (χ2v) is 23.2. The van der Waals surface area contributed by atoms with Gasteiger partial charge in [0.2, 0.25) is 41.4 Å². The van der Waals surface area contributed by atoms with Crippen molar-refractivity contribution in [3.05, 3.63) is 0 Å². The summed E-state index contributed by atoms with van der Waals surface area (Å²) in [5.74, 6) is -8.84. The summed E-state index contributed by atoms with van der Waals surface area (Å²) in [5, 5.41) is 31.2. The van der Waals surface area contributed by atoms with E-state index in [2.05, 4.69) is 16.0 Å². The van der Waals surface area contributed by atoms with Crippen LogP contribution in [0.2, 0.25) is 0 Å². The molecule has 1 saturated carbocycles. The molecule has 3 rings (SSSR count). The van der Waals surface area contributed by atoms with Crippen LogP contribution in [0.15, 0.2) is 0 Å². The molecule has 3 aliphatic rings. The lowest BCUT2D eigenvalue weighted by Crippen LogP contribution is -2.63. The van der Waals surface area contributed by atoms with Crippen LogP contribution in [0.5, 0.6) is 0 Å². The van der Waals surface area contributed by atoms with Gasteiger partial charge in [0, 0.05) is 40.7 Å². The summed E-state index contributed by atoms with van der Waals surface area (Å²) in [7, 11) is 5.52. The van der Waals surface area contributed by atoms with Crippen LogP contribution in [0.3, 0.4) is 0 Å². The first-order valence-electron chi connectivity index (χ1n) is 27.3. The number of carbonyl (C=O) groups excluding carboxylic acids is 9. The zero-order valence-electron chi connectivity index (χ0n) is 47.6. The van der Waals surface area contributed by atoms with E-state index in [1.807, 2.05) is 20.8 Å². The Balaban J connectivity index is 2.31. The van der Waals surface area contributed by atoms with Gasteiger partial charge in [0.15, 0.2) is 12.1 Å². The van der Waals surface area contributed by atoms with Crippen molar-refractivity contribution in [2.24, 2.45) is 35.5 Å². The number of ether oxygens (including phenoxy) is 1. The van der Waals surface area contributed by atoms with Crippen LogP contribution in [0, 0.1) is 35.5 Å². The Labute approximate surface area is 441 Å². The minimum Gasteiger partial charge on any atom is -0.450 e. The highest BCUT2D eigenvalue weighted by Gasteiger charge is 2.48. The molecule has 8 amide bonds. The molecule has 0 aromatic carbocycles. The number of cyclic esters (lactones) is 1. The van der Waals surface area contributed by atoms with E-state index in [0.29, 0.717) is 19.3 Å². The summed E-state index contributed by atoms with van der Waals surface area (Å²) in [6, 6.07) is -10.2. The molecule has 0 bridgehead atoms. The topological polar surface area (TPSA) is 256 Å². The van der Waals surface area contributed by atoms with Gasteiger partial charge in [-0.05, 0) is 75.5 Å². The number of hydrogen-bond donors (Lipinski definition) is 5. The second kappa shape index (κ2) is 27.8. The molecule has 0 aromatic rings. The number of likely N-dealkylation sites (N-methyl/N-ethyl adjacent to an activating group) is 4. The molecule has 422 valence electrons. The van der Waals surface area contributed by atoms with E-state index in [1.165, 1.54) is 56.7 Å². The predicted molar refractivity (Wildman–Crippen MR) is 279 cm³/mol. The van der Waals surface area contributed by atoms with Crippen molar-refractivity contribution >= 4 is 53.2 Å². The lowest BCUT2D eigenvalue weighted by molar-refractivity contribution is -0.177. The third-order valence-corrected chi connectivity index (χ3v) is 15.7. The molecule has 1 unspecified atom stereocenters. The van der Waals surface area contributed by atoms with Crippen molar-refractivity contribution < 1.29 is 58.1 Å². The third kappa shape index (κ3) is 15.6. The van der Waals surface area contributed by atoms with Crippen LogP contribution in [0.1, 0.15) is 154 Å². The van der Waals surface area contributed by atoms with E-state index in [-0.39, 0.29) is 37.6 Å². The van der Waals surface area contributed by atoms with Gasteiger partial charge < -0.3 is 55.4 Å². The van der Waals surface area contributed by atoms with Gasteiger partial charge in [0.1, 0.15) is 42.3 Å². The minimum atomic E-state index is -1.96. The van der Waals surface area contributed by atoms with Crippen LogP contribution >= 0.6 is 0 Å². The number of esters is 1. The average molecular weight is 1050 g/mol. The number of aliphatic hydroxyl groups excluding tert-OH is 1. The summed E-state index contributed by atoms with van der Waals surface area (Å²) in [4.78, 5) is 138. The van der Waals surface area contributed by atoms with Crippen LogP contribution < -0.4 is 16.0 Å². The van der Waals surface area contributed by atoms with Crippen molar-refractivity contribution in [3.63, 3.8) is 0 Å². The summed E-state index contributed by atoms with van der Waals surface area (Å²) in [6.45, 7) is 19.7. The molecule has 0 radical (unpaired) electrons. The van der Waals surface area contributed by atoms with Gasteiger partial charge in [-0.2, -0.15) is 0 Å².